The first-order valence-electron chi connectivity index (χ1n) is 8.15. The molecule has 0 saturated heterocycles. The van der Waals surface area contributed by atoms with Crippen molar-refractivity contribution in [3.05, 3.63) is 75.3 Å². The molecule has 27 heavy (non-hydrogen) atoms. The number of hydrogen-bond donors (Lipinski definition) is 0. The minimum absolute atomic E-state index is 0.100. The predicted octanol–water partition coefficient (Wildman–Crippen LogP) is 4.50. The van der Waals surface area contributed by atoms with Gasteiger partial charge in [-0.25, -0.2) is 4.79 Å². The normalized spacial score (nSPS) is 14.6. The molecule has 0 N–H and O–H groups in total. The standard InChI is InChI=1S/C19H15NO6S/c21-15-7-3-8-16(26-18(22)11-10-13-5-4-12-25-13)19(15)27-17-9-2-1-6-14(17)20(23)24/h1-2,4-6,9-12H,3,7-8H2. The molecule has 7 nitrogen and oxygen atoms in total. The Balaban J connectivity index is 1.83. The van der Waals surface area contributed by atoms with Crippen LogP contribution >= 0.6 is 11.8 Å². The second kappa shape index (κ2) is 8.50. The Kier molecular flexibility index (Phi) is 5.87. The van der Waals surface area contributed by atoms with Crippen LogP contribution in [0.4, 0.5) is 5.69 Å². The quantitative estimate of drug-likeness (QED) is 0.312. The van der Waals surface area contributed by atoms with Gasteiger partial charge in [-0.05, 0) is 30.7 Å². The Morgan fingerprint density at radius 1 is 1.22 bits per heavy atom. The third-order valence-corrected chi connectivity index (χ3v) is 4.96. The van der Waals surface area contributed by atoms with Crippen molar-refractivity contribution in [3.8, 4) is 0 Å². The van der Waals surface area contributed by atoms with E-state index in [1.54, 1.807) is 30.3 Å². The maximum atomic E-state index is 12.3. The van der Waals surface area contributed by atoms with Crippen LogP contribution in [0.3, 0.4) is 0 Å². The van der Waals surface area contributed by atoms with E-state index in [1.165, 1.54) is 24.5 Å². The number of Topliss-reactive ketones (excluding diaryl/α,β-unsaturated/α-hetero) is 1. The molecule has 1 heterocycles. The number of nitrogens with zero attached hydrogens (tertiary/aromatic N) is 1. The zero-order valence-corrected chi connectivity index (χ0v) is 14.9. The minimum atomic E-state index is -0.642. The van der Waals surface area contributed by atoms with Gasteiger partial charge in [-0.15, -0.1) is 0 Å². The van der Waals surface area contributed by atoms with E-state index in [-0.39, 0.29) is 22.1 Å². The van der Waals surface area contributed by atoms with Crippen LogP contribution in [0.5, 0.6) is 0 Å². The van der Waals surface area contributed by atoms with Gasteiger partial charge in [-0.2, -0.15) is 0 Å². The van der Waals surface area contributed by atoms with Crippen LogP contribution in [0, 0.1) is 10.1 Å². The van der Waals surface area contributed by atoms with E-state index in [1.807, 2.05) is 0 Å². The van der Waals surface area contributed by atoms with Gasteiger partial charge in [0.15, 0.2) is 5.78 Å². The number of ketones is 1. The van der Waals surface area contributed by atoms with Gasteiger partial charge in [-0.1, -0.05) is 23.9 Å². The van der Waals surface area contributed by atoms with Crippen LogP contribution in [0.1, 0.15) is 25.0 Å². The monoisotopic (exact) mass is 385 g/mol. The summed E-state index contributed by atoms with van der Waals surface area (Å²) in [4.78, 5) is 35.7. The maximum Gasteiger partial charge on any atom is 0.336 e. The SMILES string of the molecule is O=C(C=Cc1ccco1)OC1=C(Sc2ccccc2[N+](=O)[O-])C(=O)CCC1. The summed E-state index contributed by atoms with van der Waals surface area (Å²) >= 11 is 0.962. The number of para-hydroxylation sites is 1. The average Bonchev–Trinajstić information content (AvgIpc) is 3.17. The van der Waals surface area contributed by atoms with E-state index in [0.29, 0.717) is 29.9 Å². The first-order chi connectivity index (χ1) is 13.0. The maximum absolute atomic E-state index is 12.3. The van der Waals surface area contributed by atoms with E-state index in [4.69, 9.17) is 9.15 Å². The van der Waals surface area contributed by atoms with E-state index in [0.717, 1.165) is 11.8 Å². The lowest BCUT2D eigenvalue weighted by atomic mass is 10.0. The molecule has 0 amide bonds. The highest BCUT2D eigenvalue weighted by atomic mass is 32.2. The van der Waals surface area contributed by atoms with Gasteiger partial charge in [0, 0.05) is 25.0 Å². The second-order valence-corrected chi connectivity index (χ2v) is 6.68. The molecule has 1 aliphatic rings. The van der Waals surface area contributed by atoms with E-state index in [2.05, 4.69) is 0 Å². The van der Waals surface area contributed by atoms with Crippen LogP contribution in [-0.2, 0) is 14.3 Å². The lowest BCUT2D eigenvalue weighted by Gasteiger charge is -2.17. The molecule has 0 bridgehead atoms. The number of ether oxygens (including phenoxy) is 1. The number of allylic oxidation sites excluding steroid dienone is 2. The van der Waals surface area contributed by atoms with Crippen LogP contribution < -0.4 is 0 Å². The van der Waals surface area contributed by atoms with Gasteiger partial charge in [0.05, 0.1) is 21.0 Å². The Labute approximate surface area is 158 Å². The van der Waals surface area contributed by atoms with Gasteiger partial charge in [0.25, 0.3) is 5.69 Å². The molecule has 138 valence electrons. The largest absolute Gasteiger partial charge is 0.465 e. The van der Waals surface area contributed by atoms with Crippen LogP contribution in [0.25, 0.3) is 6.08 Å². The average molecular weight is 385 g/mol. The van der Waals surface area contributed by atoms with Gasteiger partial charge in [-0.3, -0.25) is 14.9 Å². The number of carbonyl (C=O) groups is 2. The Bertz CT molecular complexity index is 929. The lowest BCUT2D eigenvalue weighted by molar-refractivity contribution is -0.387. The number of furan rings is 1. The molecule has 0 saturated carbocycles. The molecule has 0 atom stereocenters. The van der Waals surface area contributed by atoms with E-state index >= 15 is 0 Å². The summed E-state index contributed by atoms with van der Waals surface area (Å²) in [7, 11) is 0. The number of nitro groups is 1. The Hall–Kier alpha value is -3.13. The van der Waals surface area contributed by atoms with Crippen molar-refractivity contribution in [2.45, 2.75) is 24.2 Å². The molecular weight excluding hydrogens is 370 g/mol. The summed E-state index contributed by atoms with van der Waals surface area (Å²) in [5, 5.41) is 11.2. The highest BCUT2D eigenvalue weighted by Gasteiger charge is 2.26. The van der Waals surface area contributed by atoms with E-state index < -0.39 is 10.9 Å². The van der Waals surface area contributed by atoms with Crippen LogP contribution in [0.15, 0.2) is 68.7 Å². The molecule has 0 radical (unpaired) electrons. The summed E-state index contributed by atoms with van der Waals surface area (Å²) in [6.45, 7) is 0. The fraction of sp³-hybridized carbons (Fsp3) is 0.158. The molecule has 1 aliphatic carbocycles. The van der Waals surface area contributed by atoms with E-state index in [9.17, 15) is 19.7 Å². The van der Waals surface area contributed by atoms with Gasteiger partial charge < -0.3 is 9.15 Å². The number of thioether (sulfide) groups is 1. The molecular formula is C19H15NO6S. The van der Waals surface area contributed by atoms with Crippen LogP contribution in [-0.4, -0.2) is 16.7 Å². The highest BCUT2D eigenvalue weighted by Crippen LogP contribution is 2.39. The van der Waals surface area contributed by atoms with Gasteiger partial charge in [0.1, 0.15) is 11.5 Å². The van der Waals surface area contributed by atoms with Crippen LogP contribution in [0.2, 0.25) is 0 Å². The molecule has 0 aliphatic heterocycles. The second-order valence-electron chi connectivity index (χ2n) is 5.63. The molecule has 0 spiro atoms. The Morgan fingerprint density at radius 3 is 2.78 bits per heavy atom. The van der Waals surface area contributed by atoms with Gasteiger partial charge >= 0.3 is 5.97 Å². The van der Waals surface area contributed by atoms with Crippen molar-refractivity contribution < 1.29 is 23.7 Å². The molecule has 0 unspecified atom stereocenters. The molecule has 8 heteroatoms. The predicted molar refractivity (Wildman–Crippen MR) is 98.7 cm³/mol. The zero-order valence-electron chi connectivity index (χ0n) is 14.1. The first kappa shape index (κ1) is 18.7. The van der Waals surface area contributed by atoms with Crippen molar-refractivity contribution in [1.82, 2.24) is 0 Å². The smallest absolute Gasteiger partial charge is 0.336 e. The number of benzene rings is 1. The topological polar surface area (TPSA) is 99.7 Å². The van der Waals surface area contributed by atoms with Crippen molar-refractivity contribution in [2.75, 3.05) is 0 Å². The van der Waals surface area contributed by atoms with Gasteiger partial charge in [0.2, 0.25) is 0 Å². The minimum Gasteiger partial charge on any atom is -0.465 e. The fourth-order valence-electron chi connectivity index (χ4n) is 2.50. The zero-order chi connectivity index (χ0) is 19.2. The van der Waals surface area contributed by atoms with Crippen molar-refractivity contribution in [2.24, 2.45) is 0 Å². The third-order valence-electron chi connectivity index (χ3n) is 3.74. The molecule has 2 aromatic rings. The molecule has 1 aromatic carbocycles. The molecule has 0 fully saturated rings. The Morgan fingerprint density at radius 2 is 2.04 bits per heavy atom. The fourth-order valence-corrected chi connectivity index (χ4v) is 3.59. The number of carbonyl (C=O) groups excluding carboxylic acids is 2. The number of rotatable bonds is 6. The summed E-state index contributed by atoms with van der Waals surface area (Å²) in [5.41, 5.74) is -0.100. The van der Waals surface area contributed by atoms with Crippen molar-refractivity contribution in [1.29, 1.82) is 0 Å². The molecule has 1 aromatic heterocycles. The highest BCUT2D eigenvalue weighted by molar-refractivity contribution is 8.04. The summed E-state index contributed by atoms with van der Waals surface area (Å²) < 4.78 is 10.4. The number of hydrogen-bond acceptors (Lipinski definition) is 7. The summed E-state index contributed by atoms with van der Waals surface area (Å²) in [6.07, 6.45) is 5.43. The lowest BCUT2D eigenvalue weighted by Crippen LogP contribution is -2.13. The van der Waals surface area contributed by atoms with Crippen molar-refractivity contribution >= 4 is 35.3 Å². The molecule has 3 rings (SSSR count). The third kappa shape index (κ3) is 4.73. The first-order valence-corrected chi connectivity index (χ1v) is 8.97. The number of esters is 1. The summed E-state index contributed by atoms with van der Waals surface area (Å²) in [5.74, 6) is -0.0994. The van der Waals surface area contributed by atoms with Crippen molar-refractivity contribution in [3.63, 3.8) is 0 Å². The number of nitro benzene ring substituents is 1. The summed E-state index contributed by atoms with van der Waals surface area (Å²) in [6, 6.07) is 9.51.